The zero-order valence-electron chi connectivity index (χ0n) is 18.3. The number of amides is 2. The van der Waals surface area contributed by atoms with Crippen LogP contribution in [0.5, 0.6) is 0 Å². The number of hydrogen-bond acceptors (Lipinski definition) is 6. The van der Waals surface area contributed by atoms with Crippen molar-refractivity contribution >= 4 is 27.7 Å². The Labute approximate surface area is 190 Å². The summed E-state index contributed by atoms with van der Waals surface area (Å²) < 4.78 is 26.4. The van der Waals surface area contributed by atoms with Gasteiger partial charge in [0.15, 0.2) is 6.19 Å². The third kappa shape index (κ3) is 10.9. The van der Waals surface area contributed by atoms with Crippen molar-refractivity contribution < 1.29 is 13.2 Å². The van der Waals surface area contributed by atoms with Crippen LogP contribution in [0.15, 0.2) is 29.5 Å². The van der Waals surface area contributed by atoms with Gasteiger partial charge in [0, 0.05) is 30.7 Å². The molecule has 0 bridgehead atoms. The molecular weight excluding hydrogens is 430 g/mol. The van der Waals surface area contributed by atoms with Crippen LogP contribution in [-0.2, 0) is 10.0 Å². The molecule has 1 heterocycles. The monoisotopic (exact) mass is 463 g/mol. The zero-order chi connectivity index (χ0) is 23.1. The van der Waals surface area contributed by atoms with Crippen molar-refractivity contribution in [3.05, 3.63) is 24.5 Å². The number of nitriles is 1. The molecule has 0 radical (unpaired) electrons. The molecule has 0 unspecified atom stereocenters. The summed E-state index contributed by atoms with van der Waals surface area (Å²) in [6, 6.07) is 2.96. The number of nitrogens with zero attached hydrogens (tertiary/aromatic N) is 3. The van der Waals surface area contributed by atoms with E-state index in [9.17, 15) is 13.2 Å². The van der Waals surface area contributed by atoms with Crippen molar-refractivity contribution in [1.29, 1.82) is 5.26 Å². The Morgan fingerprint density at radius 1 is 1.09 bits per heavy atom. The Kier molecular flexibility index (Phi) is 11.3. The molecule has 0 spiro atoms. The maximum Gasteiger partial charge on any atom is 0.328 e. The van der Waals surface area contributed by atoms with Gasteiger partial charge in [0.05, 0.1) is 5.75 Å². The third-order valence-electron chi connectivity index (χ3n) is 5.15. The van der Waals surface area contributed by atoms with Crippen LogP contribution in [0, 0.1) is 11.5 Å². The standard InChI is InChI=1S/C21H33N7O3S/c22-17-25-20(26-19-11-14-23-15-12-19)24-13-7-3-4-8-16-32(30,31)28-21(29)27-18-9-5-1-2-6-10-18/h11-12,14-15,18H,1-10,13,16H2,(H2,27,28,29)(H2,23,24,25,26). The molecule has 1 aromatic rings. The third-order valence-corrected chi connectivity index (χ3v) is 6.47. The molecule has 4 N–H and O–H groups in total. The summed E-state index contributed by atoms with van der Waals surface area (Å²) in [6.07, 6.45) is 14.1. The highest BCUT2D eigenvalue weighted by Gasteiger charge is 2.18. The quantitative estimate of drug-likeness (QED) is 0.104. The average Bonchev–Trinajstić information content (AvgIpc) is 3.02. The van der Waals surface area contributed by atoms with E-state index in [1.165, 1.54) is 12.8 Å². The zero-order valence-corrected chi connectivity index (χ0v) is 19.2. The Morgan fingerprint density at radius 2 is 1.78 bits per heavy atom. The van der Waals surface area contributed by atoms with E-state index in [1.54, 1.807) is 24.5 Å². The van der Waals surface area contributed by atoms with E-state index >= 15 is 0 Å². The average molecular weight is 464 g/mol. The van der Waals surface area contributed by atoms with Crippen molar-refractivity contribution in [1.82, 2.24) is 20.3 Å². The molecule has 0 saturated heterocycles. The molecule has 1 aliphatic rings. The van der Waals surface area contributed by atoms with Gasteiger partial charge in [-0.25, -0.2) is 17.9 Å². The smallest absolute Gasteiger partial charge is 0.328 e. The summed E-state index contributed by atoms with van der Waals surface area (Å²) in [5.41, 5.74) is 0.766. The number of hydrogen-bond donors (Lipinski definition) is 4. The number of sulfonamides is 1. The van der Waals surface area contributed by atoms with E-state index in [-0.39, 0.29) is 11.8 Å². The number of aliphatic imine (C=N–C) groups is 1. The fourth-order valence-corrected chi connectivity index (χ4v) is 4.54. The second kappa shape index (κ2) is 14.2. The number of pyridine rings is 1. The molecular formula is C21H33N7O3S. The van der Waals surface area contributed by atoms with Gasteiger partial charge >= 0.3 is 6.03 Å². The molecule has 1 saturated carbocycles. The Bertz CT molecular complexity index is 861. The lowest BCUT2D eigenvalue weighted by Gasteiger charge is -2.16. The van der Waals surface area contributed by atoms with Gasteiger partial charge in [-0.05, 0) is 37.8 Å². The number of unbranched alkanes of at least 4 members (excludes halogenated alkanes) is 3. The second-order valence-electron chi connectivity index (χ2n) is 7.83. The van der Waals surface area contributed by atoms with Crippen molar-refractivity contribution in [2.75, 3.05) is 17.6 Å². The van der Waals surface area contributed by atoms with E-state index in [4.69, 9.17) is 5.26 Å². The molecule has 2 rings (SSSR count). The van der Waals surface area contributed by atoms with Gasteiger partial charge in [0.2, 0.25) is 16.0 Å². The summed E-state index contributed by atoms with van der Waals surface area (Å²) >= 11 is 0. The normalized spacial score (nSPS) is 15.3. The maximum absolute atomic E-state index is 12.1. The number of carbonyl (C=O) groups is 1. The molecule has 2 amide bonds. The van der Waals surface area contributed by atoms with Crippen LogP contribution >= 0.6 is 0 Å². The Balaban J connectivity index is 1.61. The van der Waals surface area contributed by atoms with Gasteiger partial charge in [-0.2, -0.15) is 5.26 Å². The molecule has 1 aromatic heterocycles. The Hall–Kier alpha value is -2.87. The van der Waals surface area contributed by atoms with Crippen LogP contribution in [-0.4, -0.2) is 43.7 Å². The molecule has 0 aromatic carbocycles. The summed E-state index contributed by atoms with van der Waals surface area (Å²) in [5.74, 6) is 0.268. The van der Waals surface area contributed by atoms with Crippen LogP contribution in [0.25, 0.3) is 0 Å². The topological polar surface area (TPSA) is 148 Å². The molecule has 1 aliphatic carbocycles. The SMILES string of the molecule is N#CNC(=NCCCCCCS(=O)(=O)NC(=O)NC1CCCCCC1)Nc1ccncc1. The first kappa shape index (κ1) is 25.4. The lowest BCUT2D eigenvalue weighted by atomic mass is 10.1. The lowest BCUT2D eigenvalue weighted by Crippen LogP contribution is -2.45. The van der Waals surface area contributed by atoms with Crippen molar-refractivity contribution in [3.8, 4) is 6.19 Å². The highest BCUT2D eigenvalue weighted by Crippen LogP contribution is 2.17. The minimum Gasteiger partial charge on any atom is -0.335 e. The van der Waals surface area contributed by atoms with Crippen LogP contribution in [0.3, 0.4) is 0 Å². The first-order chi connectivity index (χ1) is 15.5. The van der Waals surface area contributed by atoms with E-state index in [0.717, 1.165) is 44.2 Å². The van der Waals surface area contributed by atoms with E-state index in [0.29, 0.717) is 25.3 Å². The molecule has 32 heavy (non-hydrogen) atoms. The maximum atomic E-state index is 12.1. The van der Waals surface area contributed by atoms with Crippen LogP contribution in [0.2, 0.25) is 0 Å². The summed E-state index contributed by atoms with van der Waals surface area (Å²) in [7, 11) is -3.64. The van der Waals surface area contributed by atoms with Crippen LogP contribution < -0.4 is 20.7 Å². The lowest BCUT2D eigenvalue weighted by molar-refractivity contribution is 0.240. The molecule has 1 fully saturated rings. The molecule has 176 valence electrons. The minimum atomic E-state index is -3.64. The van der Waals surface area contributed by atoms with Crippen LogP contribution in [0.4, 0.5) is 10.5 Å². The van der Waals surface area contributed by atoms with E-state index in [2.05, 4.69) is 30.6 Å². The van der Waals surface area contributed by atoms with E-state index in [1.807, 2.05) is 6.19 Å². The van der Waals surface area contributed by atoms with Crippen molar-refractivity contribution in [3.63, 3.8) is 0 Å². The number of carbonyl (C=O) groups excluding carboxylic acids is 1. The van der Waals surface area contributed by atoms with Gasteiger partial charge in [0.25, 0.3) is 0 Å². The van der Waals surface area contributed by atoms with Crippen molar-refractivity contribution in [2.24, 2.45) is 4.99 Å². The predicted octanol–water partition coefficient (Wildman–Crippen LogP) is 2.83. The van der Waals surface area contributed by atoms with Crippen molar-refractivity contribution in [2.45, 2.75) is 70.3 Å². The first-order valence-corrected chi connectivity index (χ1v) is 12.8. The number of anilines is 1. The number of nitrogens with one attached hydrogen (secondary N) is 4. The van der Waals surface area contributed by atoms with Gasteiger partial charge in [-0.3, -0.25) is 15.3 Å². The molecule has 11 heteroatoms. The Morgan fingerprint density at radius 3 is 2.47 bits per heavy atom. The predicted molar refractivity (Wildman–Crippen MR) is 124 cm³/mol. The van der Waals surface area contributed by atoms with Crippen LogP contribution in [0.1, 0.15) is 64.2 Å². The first-order valence-electron chi connectivity index (χ1n) is 11.2. The fourth-order valence-electron chi connectivity index (χ4n) is 3.51. The number of guanidine groups is 1. The van der Waals surface area contributed by atoms with E-state index < -0.39 is 16.1 Å². The largest absolute Gasteiger partial charge is 0.335 e. The highest BCUT2D eigenvalue weighted by molar-refractivity contribution is 7.90. The highest BCUT2D eigenvalue weighted by atomic mass is 32.2. The minimum absolute atomic E-state index is 0.0571. The number of rotatable bonds is 10. The second-order valence-corrected chi connectivity index (χ2v) is 9.67. The van der Waals surface area contributed by atoms with Gasteiger partial charge < -0.3 is 10.6 Å². The molecule has 10 nitrogen and oxygen atoms in total. The number of urea groups is 1. The molecule has 0 atom stereocenters. The van der Waals surface area contributed by atoms with Gasteiger partial charge in [0.1, 0.15) is 0 Å². The van der Waals surface area contributed by atoms with Gasteiger partial charge in [-0.15, -0.1) is 0 Å². The summed E-state index contributed by atoms with van der Waals surface area (Å²) in [4.78, 5) is 20.3. The fraction of sp³-hybridized carbons (Fsp3) is 0.619. The van der Waals surface area contributed by atoms with Gasteiger partial charge in [-0.1, -0.05) is 38.5 Å². The summed E-state index contributed by atoms with van der Waals surface area (Å²) in [6.45, 7) is 0.497. The summed E-state index contributed by atoms with van der Waals surface area (Å²) in [5, 5.41) is 17.1. The molecule has 0 aliphatic heterocycles. The number of aromatic nitrogens is 1.